The Labute approximate surface area is 147 Å². The van der Waals surface area contributed by atoms with Crippen LogP contribution in [0.15, 0.2) is 30.7 Å². The number of carbonyl (C=O) groups excluding carboxylic acids is 1. The molecule has 0 spiro atoms. The van der Waals surface area contributed by atoms with Gasteiger partial charge >= 0.3 is 0 Å². The Morgan fingerprint density at radius 1 is 1.32 bits per heavy atom. The van der Waals surface area contributed by atoms with E-state index in [1.165, 1.54) is 0 Å². The van der Waals surface area contributed by atoms with Crippen LogP contribution in [0, 0.1) is 0 Å². The number of nitrogens with zero attached hydrogens (tertiary/aromatic N) is 5. The molecule has 0 saturated carbocycles. The fourth-order valence-electron chi connectivity index (χ4n) is 3.09. The molecule has 134 valence electrons. The van der Waals surface area contributed by atoms with E-state index in [0.717, 1.165) is 25.1 Å². The summed E-state index contributed by atoms with van der Waals surface area (Å²) in [4.78, 5) is 21.2. The normalized spacial score (nSPS) is 16.8. The van der Waals surface area contributed by atoms with Crippen LogP contribution in [0.1, 0.15) is 23.7 Å². The van der Waals surface area contributed by atoms with Crippen LogP contribution < -0.4 is 0 Å². The zero-order valence-corrected chi connectivity index (χ0v) is 14.8. The lowest BCUT2D eigenvalue weighted by Gasteiger charge is -2.35. The molecule has 1 saturated heterocycles. The molecule has 0 bridgehead atoms. The highest BCUT2D eigenvalue weighted by molar-refractivity contribution is 5.99. The molecule has 25 heavy (non-hydrogen) atoms. The van der Waals surface area contributed by atoms with Crippen molar-refractivity contribution in [2.24, 2.45) is 7.05 Å². The topological polar surface area (TPSA) is 74.5 Å². The monoisotopic (exact) mass is 343 g/mol. The second-order valence-electron chi connectivity index (χ2n) is 6.46. The lowest BCUT2D eigenvalue weighted by Crippen LogP contribution is -2.50. The van der Waals surface area contributed by atoms with E-state index in [4.69, 9.17) is 0 Å². The number of β-amino-alcohol motifs (C(OH)–C–C–N with tert-alkyl or cyclic N) is 1. The third kappa shape index (κ3) is 4.05. The molecule has 0 aromatic carbocycles. The van der Waals surface area contributed by atoms with Crippen LogP contribution in [-0.4, -0.2) is 74.4 Å². The number of aromatic nitrogens is 3. The molecular formula is C18H25N5O2. The maximum Gasteiger partial charge on any atom is 0.257 e. The number of carbonyl (C=O) groups is 1. The number of aliphatic hydroxyl groups excluding tert-OH is 1. The first-order valence-electron chi connectivity index (χ1n) is 8.72. The van der Waals surface area contributed by atoms with Gasteiger partial charge in [-0.1, -0.05) is 6.92 Å². The number of hydrogen-bond donors (Lipinski definition) is 1. The van der Waals surface area contributed by atoms with Gasteiger partial charge in [-0.2, -0.15) is 5.10 Å². The summed E-state index contributed by atoms with van der Waals surface area (Å²) in [5.41, 5.74) is 2.12. The van der Waals surface area contributed by atoms with Crippen LogP contribution in [0.2, 0.25) is 0 Å². The van der Waals surface area contributed by atoms with Gasteiger partial charge in [-0.05, 0) is 18.6 Å². The number of aryl methyl sites for hydroxylation is 1. The van der Waals surface area contributed by atoms with E-state index in [1.54, 1.807) is 23.3 Å². The van der Waals surface area contributed by atoms with Crippen molar-refractivity contribution in [2.75, 3.05) is 32.7 Å². The van der Waals surface area contributed by atoms with E-state index in [2.05, 4.69) is 15.0 Å². The predicted molar refractivity (Wildman–Crippen MR) is 95.1 cm³/mol. The Kier molecular flexibility index (Phi) is 5.45. The molecule has 1 atom stereocenters. The SMILES string of the molecule is CC[C@@H](O)CN1CCN(C(=O)c2cn(C)nc2-c2cccnc2)CC1. The summed E-state index contributed by atoms with van der Waals surface area (Å²) in [6.07, 6.45) is 5.67. The molecule has 1 aliphatic rings. The molecule has 1 fully saturated rings. The summed E-state index contributed by atoms with van der Waals surface area (Å²) in [6.45, 7) is 5.54. The number of amides is 1. The van der Waals surface area contributed by atoms with E-state index in [-0.39, 0.29) is 12.0 Å². The highest BCUT2D eigenvalue weighted by Gasteiger charge is 2.26. The quantitative estimate of drug-likeness (QED) is 0.877. The summed E-state index contributed by atoms with van der Waals surface area (Å²) < 4.78 is 1.67. The molecule has 0 radical (unpaired) electrons. The van der Waals surface area contributed by atoms with Crippen molar-refractivity contribution in [3.05, 3.63) is 36.3 Å². The zero-order valence-electron chi connectivity index (χ0n) is 14.8. The first-order valence-corrected chi connectivity index (χ1v) is 8.72. The molecule has 2 aromatic rings. The Morgan fingerprint density at radius 3 is 2.72 bits per heavy atom. The first kappa shape index (κ1) is 17.6. The van der Waals surface area contributed by atoms with Crippen LogP contribution >= 0.6 is 0 Å². The molecule has 1 aliphatic heterocycles. The number of aliphatic hydroxyl groups is 1. The molecule has 1 N–H and O–H groups in total. The maximum atomic E-state index is 13.0. The molecule has 7 nitrogen and oxygen atoms in total. The van der Waals surface area contributed by atoms with E-state index in [0.29, 0.717) is 30.9 Å². The van der Waals surface area contributed by atoms with Crippen molar-refractivity contribution < 1.29 is 9.90 Å². The van der Waals surface area contributed by atoms with Gasteiger partial charge in [0.1, 0.15) is 5.69 Å². The summed E-state index contributed by atoms with van der Waals surface area (Å²) in [7, 11) is 1.82. The van der Waals surface area contributed by atoms with Crippen molar-refractivity contribution in [3.8, 4) is 11.3 Å². The number of pyridine rings is 1. The lowest BCUT2D eigenvalue weighted by atomic mass is 10.1. The average molecular weight is 343 g/mol. The van der Waals surface area contributed by atoms with Crippen molar-refractivity contribution in [2.45, 2.75) is 19.4 Å². The van der Waals surface area contributed by atoms with E-state index >= 15 is 0 Å². The molecule has 0 unspecified atom stereocenters. The second-order valence-corrected chi connectivity index (χ2v) is 6.46. The minimum atomic E-state index is -0.294. The molecular weight excluding hydrogens is 318 g/mol. The minimum Gasteiger partial charge on any atom is -0.392 e. The fraction of sp³-hybridized carbons (Fsp3) is 0.500. The molecule has 0 aliphatic carbocycles. The Bertz CT molecular complexity index is 708. The van der Waals surface area contributed by atoms with Crippen LogP contribution in [0.3, 0.4) is 0 Å². The van der Waals surface area contributed by atoms with E-state index in [9.17, 15) is 9.90 Å². The van der Waals surface area contributed by atoms with Gasteiger partial charge in [-0.3, -0.25) is 19.4 Å². The third-order valence-electron chi connectivity index (χ3n) is 4.59. The van der Waals surface area contributed by atoms with Gasteiger partial charge in [0.25, 0.3) is 5.91 Å². The smallest absolute Gasteiger partial charge is 0.257 e. The summed E-state index contributed by atoms with van der Waals surface area (Å²) in [6, 6.07) is 3.76. The fourth-order valence-corrected chi connectivity index (χ4v) is 3.09. The van der Waals surface area contributed by atoms with Crippen LogP contribution in [0.25, 0.3) is 11.3 Å². The van der Waals surface area contributed by atoms with Gasteiger partial charge in [0, 0.05) is 63.9 Å². The molecule has 2 aromatic heterocycles. The van der Waals surface area contributed by atoms with Crippen molar-refractivity contribution in [1.82, 2.24) is 24.6 Å². The standard InChI is InChI=1S/C18H25N5O2/c1-3-15(24)12-22-7-9-23(10-8-22)18(25)16-13-21(2)20-17(16)14-5-4-6-19-11-14/h4-6,11,13,15,24H,3,7-10,12H2,1-2H3/t15-/m1/s1. The van der Waals surface area contributed by atoms with Crippen molar-refractivity contribution >= 4 is 5.91 Å². The highest BCUT2D eigenvalue weighted by atomic mass is 16.3. The molecule has 3 rings (SSSR count). The average Bonchev–Trinajstić information content (AvgIpc) is 3.04. The number of hydrogen-bond acceptors (Lipinski definition) is 5. The summed E-state index contributed by atoms with van der Waals surface area (Å²) in [5, 5.41) is 14.2. The van der Waals surface area contributed by atoms with Crippen LogP contribution in [0.4, 0.5) is 0 Å². The zero-order chi connectivity index (χ0) is 17.8. The van der Waals surface area contributed by atoms with Crippen LogP contribution in [-0.2, 0) is 7.05 Å². The van der Waals surface area contributed by atoms with Gasteiger partial charge in [-0.15, -0.1) is 0 Å². The highest BCUT2D eigenvalue weighted by Crippen LogP contribution is 2.22. The third-order valence-corrected chi connectivity index (χ3v) is 4.59. The second kappa shape index (κ2) is 7.76. The summed E-state index contributed by atoms with van der Waals surface area (Å²) >= 11 is 0. The predicted octanol–water partition coefficient (Wildman–Crippen LogP) is 1.01. The molecule has 7 heteroatoms. The van der Waals surface area contributed by atoms with Gasteiger partial charge in [0.15, 0.2) is 0 Å². The summed E-state index contributed by atoms with van der Waals surface area (Å²) in [5.74, 6) is 0.00245. The first-order chi connectivity index (χ1) is 12.1. The van der Waals surface area contributed by atoms with E-state index < -0.39 is 0 Å². The Hall–Kier alpha value is -2.25. The van der Waals surface area contributed by atoms with Crippen LogP contribution in [0.5, 0.6) is 0 Å². The van der Waals surface area contributed by atoms with Gasteiger partial charge in [-0.25, -0.2) is 0 Å². The minimum absolute atomic E-state index is 0.00245. The number of rotatable bonds is 5. The van der Waals surface area contributed by atoms with Gasteiger partial charge in [0.05, 0.1) is 11.7 Å². The number of piperazine rings is 1. The Morgan fingerprint density at radius 2 is 2.08 bits per heavy atom. The van der Waals surface area contributed by atoms with Gasteiger partial charge < -0.3 is 10.0 Å². The lowest BCUT2D eigenvalue weighted by molar-refractivity contribution is 0.0524. The molecule has 1 amide bonds. The largest absolute Gasteiger partial charge is 0.392 e. The molecule has 3 heterocycles. The maximum absolute atomic E-state index is 13.0. The van der Waals surface area contributed by atoms with Crippen molar-refractivity contribution in [1.29, 1.82) is 0 Å². The Balaban J connectivity index is 1.71. The van der Waals surface area contributed by atoms with Gasteiger partial charge in [0.2, 0.25) is 0 Å². The van der Waals surface area contributed by atoms with E-state index in [1.807, 2.05) is 31.0 Å². The van der Waals surface area contributed by atoms with Crippen molar-refractivity contribution in [3.63, 3.8) is 0 Å².